The Kier molecular flexibility index (Phi) is 7.53. The highest BCUT2D eigenvalue weighted by Gasteiger charge is 2.34. The maximum Gasteiger partial charge on any atom is 0.273 e. The summed E-state index contributed by atoms with van der Waals surface area (Å²) in [6, 6.07) is 1.37. The van der Waals surface area contributed by atoms with E-state index in [1.165, 1.54) is 23.5 Å². The molecule has 3 atom stereocenters. The molecule has 9 nitrogen and oxygen atoms in total. The first kappa shape index (κ1) is 23.3. The summed E-state index contributed by atoms with van der Waals surface area (Å²) in [4.78, 5) is 41.7. The lowest BCUT2D eigenvalue weighted by Gasteiger charge is -2.37. The highest BCUT2D eigenvalue weighted by atomic mass is 16.5. The zero-order valence-corrected chi connectivity index (χ0v) is 18.8. The van der Waals surface area contributed by atoms with E-state index < -0.39 is 6.10 Å². The van der Waals surface area contributed by atoms with Gasteiger partial charge in [-0.3, -0.25) is 14.6 Å². The van der Waals surface area contributed by atoms with Gasteiger partial charge in [0.05, 0.1) is 25.4 Å². The maximum absolute atomic E-state index is 13.3. The zero-order chi connectivity index (χ0) is 23.3. The minimum atomic E-state index is -0.430. The van der Waals surface area contributed by atoms with Crippen LogP contribution in [-0.2, 0) is 0 Å². The Hall–Kier alpha value is -3.33. The number of ether oxygens (including phenoxy) is 1. The molecule has 0 bridgehead atoms. The fourth-order valence-electron chi connectivity index (χ4n) is 3.58. The Bertz CT molecular complexity index is 982. The van der Waals surface area contributed by atoms with Crippen molar-refractivity contribution in [3.8, 4) is 5.88 Å². The summed E-state index contributed by atoms with van der Waals surface area (Å²) in [6.45, 7) is 6.11. The van der Waals surface area contributed by atoms with E-state index in [0.717, 1.165) is 5.56 Å². The van der Waals surface area contributed by atoms with Crippen molar-refractivity contribution in [1.82, 2.24) is 24.8 Å². The SMILES string of the molecule is C/C=C/c1cnc2c(c1)C(=O)N([C@H](C)CO)C[C@@H](C)[C@H](CN(C)C(=O)c1cnccn1)O2. The number of carbonyl (C=O) groups excluding carboxylic acids is 2. The van der Waals surface area contributed by atoms with E-state index >= 15 is 0 Å². The standard InChI is InChI=1S/C23H29N5O4/c1-5-6-17-9-18-21(26-10-17)32-20(15(2)12-28(22(18)30)16(3)14-29)13-27(4)23(31)19-11-24-7-8-25-19/h5-11,15-16,20,29H,12-14H2,1-4H3/b6-5+/t15-,16-,20+/m1/s1. The van der Waals surface area contributed by atoms with Crippen molar-refractivity contribution >= 4 is 17.9 Å². The van der Waals surface area contributed by atoms with Gasteiger partial charge in [-0.1, -0.05) is 19.1 Å². The smallest absolute Gasteiger partial charge is 0.273 e. The molecule has 3 rings (SSSR count). The predicted octanol–water partition coefficient (Wildman–Crippen LogP) is 1.90. The van der Waals surface area contributed by atoms with Crippen molar-refractivity contribution in [2.24, 2.45) is 5.92 Å². The average Bonchev–Trinajstić information content (AvgIpc) is 2.81. The lowest BCUT2D eigenvalue weighted by atomic mass is 9.99. The molecule has 0 fully saturated rings. The second-order valence-electron chi connectivity index (χ2n) is 8.02. The first-order valence-electron chi connectivity index (χ1n) is 10.6. The number of rotatable bonds is 6. The van der Waals surface area contributed by atoms with Crippen LogP contribution in [0, 0.1) is 5.92 Å². The van der Waals surface area contributed by atoms with Crippen LogP contribution < -0.4 is 4.74 Å². The summed E-state index contributed by atoms with van der Waals surface area (Å²) in [6.07, 6.45) is 9.33. The number of allylic oxidation sites excluding steroid dienone is 1. The number of hydrogen-bond donors (Lipinski definition) is 1. The van der Waals surface area contributed by atoms with Gasteiger partial charge in [-0.2, -0.15) is 0 Å². The summed E-state index contributed by atoms with van der Waals surface area (Å²) in [5.41, 5.74) is 1.36. The molecule has 9 heteroatoms. The summed E-state index contributed by atoms with van der Waals surface area (Å²) < 4.78 is 6.20. The Labute approximate surface area is 187 Å². The third kappa shape index (κ3) is 5.11. The largest absolute Gasteiger partial charge is 0.472 e. The monoisotopic (exact) mass is 439 g/mol. The molecule has 1 N–H and O–H groups in total. The van der Waals surface area contributed by atoms with Crippen LogP contribution in [0.4, 0.5) is 0 Å². The van der Waals surface area contributed by atoms with E-state index in [9.17, 15) is 14.7 Å². The highest BCUT2D eigenvalue weighted by Crippen LogP contribution is 2.27. The van der Waals surface area contributed by atoms with E-state index in [1.54, 1.807) is 31.1 Å². The number of hydrogen-bond acceptors (Lipinski definition) is 7. The number of amides is 2. The Morgan fingerprint density at radius 2 is 2.16 bits per heavy atom. The Morgan fingerprint density at radius 1 is 1.38 bits per heavy atom. The minimum Gasteiger partial charge on any atom is -0.472 e. The first-order chi connectivity index (χ1) is 15.3. The van der Waals surface area contributed by atoms with Crippen molar-refractivity contribution in [2.45, 2.75) is 32.9 Å². The fraction of sp³-hybridized carbons (Fsp3) is 0.435. The summed E-state index contributed by atoms with van der Waals surface area (Å²) >= 11 is 0. The number of nitrogens with zero attached hydrogens (tertiary/aromatic N) is 5. The molecule has 1 aliphatic rings. The second-order valence-corrected chi connectivity index (χ2v) is 8.02. The number of fused-ring (bicyclic) bond motifs is 1. The van der Waals surface area contributed by atoms with Crippen LogP contribution in [0.3, 0.4) is 0 Å². The van der Waals surface area contributed by atoms with Gasteiger partial charge in [0.25, 0.3) is 11.8 Å². The summed E-state index contributed by atoms with van der Waals surface area (Å²) in [7, 11) is 1.68. The van der Waals surface area contributed by atoms with Crippen LogP contribution in [0.25, 0.3) is 6.08 Å². The molecular formula is C23H29N5O4. The van der Waals surface area contributed by atoms with Crippen LogP contribution in [-0.4, -0.2) is 80.6 Å². The van der Waals surface area contributed by atoms with Gasteiger partial charge in [0.1, 0.15) is 17.4 Å². The van der Waals surface area contributed by atoms with Gasteiger partial charge >= 0.3 is 0 Å². The van der Waals surface area contributed by atoms with E-state index in [0.29, 0.717) is 12.1 Å². The normalized spacial score (nSPS) is 19.7. The minimum absolute atomic E-state index is 0.129. The molecular weight excluding hydrogens is 410 g/mol. The molecule has 3 heterocycles. The molecule has 0 unspecified atom stereocenters. The van der Waals surface area contributed by atoms with Crippen LogP contribution >= 0.6 is 0 Å². The zero-order valence-electron chi connectivity index (χ0n) is 18.8. The van der Waals surface area contributed by atoms with Crippen molar-refractivity contribution in [1.29, 1.82) is 0 Å². The van der Waals surface area contributed by atoms with Gasteiger partial charge in [-0.25, -0.2) is 9.97 Å². The van der Waals surface area contributed by atoms with E-state index in [2.05, 4.69) is 15.0 Å². The molecule has 32 heavy (non-hydrogen) atoms. The molecule has 2 aromatic heterocycles. The van der Waals surface area contributed by atoms with Crippen molar-refractivity contribution in [3.63, 3.8) is 0 Å². The van der Waals surface area contributed by atoms with Gasteiger partial charge in [0.2, 0.25) is 5.88 Å². The number of aliphatic hydroxyl groups is 1. The molecule has 0 saturated heterocycles. The molecule has 170 valence electrons. The van der Waals surface area contributed by atoms with Crippen molar-refractivity contribution < 1.29 is 19.4 Å². The van der Waals surface area contributed by atoms with Crippen LogP contribution in [0.2, 0.25) is 0 Å². The molecule has 2 amide bonds. The quantitative estimate of drug-likeness (QED) is 0.732. The van der Waals surface area contributed by atoms with Crippen LogP contribution in [0.5, 0.6) is 5.88 Å². The third-order valence-electron chi connectivity index (χ3n) is 5.48. The maximum atomic E-state index is 13.3. The number of likely N-dealkylation sites (N-methyl/N-ethyl adjacent to an activating group) is 1. The fourth-order valence-corrected chi connectivity index (χ4v) is 3.58. The summed E-state index contributed by atoms with van der Waals surface area (Å²) in [5, 5.41) is 9.73. The summed E-state index contributed by atoms with van der Waals surface area (Å²) in [5.74, 6) is -0.426. The Balaban J connectivity index is 1.93. The molecule has 0 aliphatic carbocycles. The number of pyridine rings is 1. The highest BCUT2D eigenvalue weighted by molar-refractivity contribution is 5.97. The lowest BCUT2D eigenvalue weighted by Crippen LogP contribution is -2.50. The molecule has 2 aromatic rings. The first-order valence-corrected chi connectivity index (χ1v) is 10.6. The molecule has 0 aromatic carbocycles. The Morgan fingerprint density at radius 3 is 2.81 bits per heavy atom. The van der Waals surface area contributed by atoms with E-state index in [-0.39, 0.29) is 48.5 Å². The predicted molar refractivity (Wildman–Crippen MR) is 119 cm³/mol. The molecule has 1 aliphatic heterocycles. The van der Waals surface area contributed by atoms with E-state index in [1.807, 2.05) is 26.0 Å². The van der Waals surface area contributed by atoms with Gasteiger partial charge < -0.3 is 19.6 Å². The molecule has 0 spiro atoms. The third-order valence-corrected chi connectivity index (χ3v) is 5.48. The number of carbonyl (C=O) groups is 2. The average molecular weight is 440 g/mol. The molecule has 0 radical (unpaired) electrons. The second kappa shape index (κ2) is 10.3. The molecule has 0 saturated carbocycles. The van der Waals surface area contributed by atoms with Gasteiger partial charge in [0.15, 0.2) is 0 Å². The lowest BCUT2D eigenvalue weighted by molar-refractivity contribution is 0.0312. The topological polar surface area (TPSA) is 109 Å². The van der Waals surface area contributed by atoms with Crippen molar-refractivity contribution in [2.75, 3.05) is 26.7 Å². The van der Waals surface area contributed by atoms with Crippen molar-refractivity contribution in [3.05, 3.63) is 53.8 Å². The van der Waals surface area contributed by atoms with Crippen LogP contribution in [0.1, 0.15) is 47.2 Å². The van der Waals surface area contributed by atoms with Crippen LogP contribution in [0.15, 0.2) is 36.9 Å². The van der Waals surface area contributed by atoms with Gasteiger partial charge in [-0.05, 0) is 25.5 Å². The van der Waals surface area contributed by atoms with Gasteiger partial charge in [-0.15, -0.1) is 0 Å². The van der Waals surface area contributed by atoms with Gasteiger partial charge in [0, 0.05) is 38.1 Å². The van der Waals surface area contributed by atoms with E-state index in [4.69, 9.17) is 4.74 Å². The number of aromatic nitrogens is 3. The number of aliphatic hydroxyl groups excluding tert-OH is 1.